The van der Waals surface area contributed by atoms with Crippen LogP contribution in [0.1, 0.15) is 45.4 Å². The van der Waals surface area contributed by atoms with Crippen LogP contribution in [0, 0.1) is 11.8 Å². The van der Waals surface area contributed by atoms with Gasteiger partial charge in [0.25, 0.3) is 0 Å². The number of methoxy groups -OCH3 is 1. The summed E-state index contributed by atoms with van der Waals surface area (Å²) in [4.78, 5) is 12.0. The fourth-order valence-electron chi connectivity index (χ4n) is 3.70. The van der Waals surface area contributed by atoms with Crippen LogP contribution in [0.2, 0.25) is 0 Å². The van der Waals surface area contributed by atoms with Gasteiger partial charge in [-0.05, 0) is 38.5 Å². The molecule has 2 fully saturated rings. The van der Waals surface area contributed by atoms with E-state index in [4.69, 9.17) is 10.5 Å². The van der Waals surface area contributed by atoms with Gasteiger partial charge >= 0.3 is 5.97 Å². The highest BCUT2D eigenvalue weighted by molar-refractivity contribution is 7.89. The maximum Gasteiger partial charge on any atom is 0.310 e. The number of ether oxygens (including phenoxy) is 1. The zero-order valence-electron chi connectivity index (χ0n) is 13.9. The Bertz CT molecular complexity index is 498. The predicted octanol–water partition coefficient (Wildman–Crippen LogP) is 1.53. The standard InChI is InChI=1S/C15H28N2O4S.ClH/c1-11(16)12-6-5-9-17(10-12)22(19,20)14-8-4-3-7-13(14)15(18)21-2;/h11-14H,3-10,16H2,1-2H3;1H. The number of hydrogen-bond acceptors (Lipinski definition) is 5. The normalized spacial score (nSPS) is 31.0. The molecule has 136 valence electrons. The largest absolute Gasteiger partial charge is 0.469 e. The number of sulfonamides is 1. The Morgan fingerprint density at radius 1 is 1.22 bits per heavy atom. The Kier molecular flexibility index (Phi) is 7.77. The van der Waals surface area contributed by atoms with Crippen LogP contribution in [0.15, 0.2) is 0 Å². The lowest BCUT2D eigenvalue weighted by Crippen LogP contribution is -2.51. The van der Waals surface area contributed by atoms with Crippen molar-refractivity contribution in [1.82, 2.24) is 4.31 Å². The molecule has 0 amide bonds. The van der Waals surface area contributed by atoms with Gasteiger partial charge in [0.15, 0.2) is 0 Å². The molecule has 0 bridgehead atoms. The zero-order chi connectivity index (χ0) is 16.3. The first kappa shape index (κ1) is 20.7. The fraction of sp³-hybridized carbons (Fsp3) is 0.933. The summed E-state index contributed by atoms with van der Waals surface area (Å²) < 4.78 is 32.4. The number of halogens is 1. The summed E-state index contributed by atoms with van der Waals surface area (Å²) in [6.07, 6.45) is 4.68. The van der Waals surface area contributed by atoms with E-state index in [9.17, 15) is 13.2 Å². The molecule has 1 aliphatic carbocycles. The molecule has 1 aliphatic heterocycles. The van der Waals surface area contributed by atoms with Crippen LogP contribution in [0.5, 0.6) is 0 Å². The van der Waals surface area contributed by atoms with Crippen molar-refractivity contribution in [1.29, 1.82) is 0 Å². The lowest BCUT2D eigenvalue weighted by molar-refractivity contribution is -0.146. The van der Waals surface area contributed by atoms with E-state index in [-0.39, 0.29) is 24.4 Å². The van der Waals surface area contributed by atoms with Crippen LogP contribution in [-0.4, -0.2) is 50.2 Å². The highest BCUT2D eigenvalue weighted by atomic mass is 35.5. The molecule has 6 nitrogen and oxygen atoms in total. The Morgan fingerprint density at radius 2 is 1.87 bits per heavy atom. The molecule has 0 aromatic rings. The van der Waals surface area contributed by atoms with E-state index in [1.807, 2.05) is 6.92 Å². The molecule has 4 unspecified atom stereocenters. The maximum atomic E-state index is 13.0. The molecular weight excluding hydrogens is 340 g/mol. The molecule has 1 saturated carbocycles. The third-order valence-corrected chi connectivity index (χ3v) is 7.49. The first-order chi connectivity index (χ1) is 10.4. The maximum absolute atomic E-state index is 13.0. The molecule has 8 heteroatoms. The molecule has 0 aromatic heterocycles. The summed E-state index contributed by atoms with van der Waals surface area (Å²) >= 11 is 0. The van der Waals surface area contributed by atoms with Crippen molar-refractivity contribution in [3.05, 3.63) is 0 Å². The third kappa shape index (κ3) is 4.59. The average Bonchev–Trinajstić information content (AvgIpc) is 2.54. The molecule has 23 heavy (non-hydrogen) atoms. The van der Waals surface area contributed by atoms with Crippen molar-refractivity contribution in [3.8, 4) is 0 Å². The van der Waals surface area contributed by atoms with E-state index in [0.717, 1.165) is 25.7 Å². The number of hydrogen-bond donors (Lipinski definition) is 1. The zero-order valence-corrected chi connectivity index (χ0v) is 15.6. The molecule has 0 aromatic carbocycles. The lowest BCUT2D eigenvalue weighted by Gasteiger charge is -2.38. The van der Waals surface area contributed by atoms with Gasteiger partial charge in [-0.3, -0.25) is 4.79 Å². The number of carbonyl (C=O) groups is 1. The van der Waals surface area contributed by atoms with Crippen molar-refractivity contribution in [2.24, 2.45) is 17.6 Å². The molecule has 0 radical (unpaired) electrons. The summed E-state index contributed by atoms with van der Waals surface area (Å²) in [5.74, 6) is -0.725. The predicted molar refractivity (Wildman–Crippen MR) is 91.9 cm³/mol. The van der Waals surface area contributed by atoms with Gasteiger partial charge in [0, 0.05) is 19.1 Å². The number of nitrogens with zero attached hydrogens (tertiary/aromatic N) is 1. The van der Waals surface area contributed by atoms with Gasteiger partial charge in [-0.15, -0.1) is 12.4 Å². The fourth-order valence-corrected chi connectivity index (χ4v) is 5.99. The van der Waals surface area contributed by atoms with E-state index in [1.54, 1.807) is 4.31 Å². The monoisotopic (exact) mass is 368 g/mol. The number of rotatable bonds is 4. The van der Waals surface area contributed by atoms with Crippen molar-refractivity contribution in [3.63, 3.8) is 0 Å². The van der Waals surface area contributed by atoms with Crippen molar-refractivity contribution >= 4 is 28.4 Å². The lowest BCUT2D eigenvalue weighted by atomic mass is 9.89. The van der Waals surface area contributed by atoms with E-state index < -0.39 is 27.2 Å². The highest BCUT2D eigenvalue weighted by Crippen LogP contribution is 2.34. The second-order valence-corrected chi connectivity index (χ2v) is 8.77. The van der Waals surface area contributed by atoms with Crippen molar-refractivity contribution < 1.29 is 17.9 Å². The van der Waals surface area contributed by atoms with Crippen molar-refractivity contribution in [2.75, 3.05) is 20.2 Å². The van der Waals surface area contributed by atoms with Crippen LogP contribution >= 0.6 is 12.4 Å². The minimum Gasteiger partial charge on any atom is -0.469 e. The van der Waals surface area contributed by atoms with Crippen LogP contribution in [0.4, 0.5) is 0 Å². The first-order valence-electron chi connectivity index (χ1n) is 8.20. The topological polar surface area (TPSA) is 89.7 Å². The molecular formula is C15H29ClN2O4S. The van der Waals surface area contributed by atoms with Crippen LogP contribution in [0.3, 0.4) is 0 Å². The highest BCUT2D eigenvalue weighted by Gasteiger charge is 2.44. The molecule has 2 N–H and O–H groups in total. The van der Waals surface area contributed by atoms with E-state index in [2.05, 4.69) is 0 Å². The summed E-state index contributed by atoms with van der Waals surface area (Å²) in [6, 6.07) is -0.0132. The molecule has 2 aliphatic rings. The summed E-state index contributed by atoms with van der Waals surface area (Å²) in [5.41, 5.74) is 5.95. The number of carbonyl (C=O) groups excluding carboxylic acids is 1. The SMILES string of the molecule is COC(=O)C1CCCCC1S(=O)(=O)N1CCCC(C(C)N)C1.Cl. The molecule has 0 spiro atoms. The van der Waals surface area contributed by atoms with E-state index in [0.29, 0.717) is 25.9 Å². The second kappa shape index (κ2) is 8.65. The molecule has 1 heterocycles. The van der Waals surface area contributed by atoms with E-state index in [1.165, 1.54) is 7.11 Å². The van der Waals surface area contributed by atoms with Gasteiger partial charge in [-0.25, -0.2) is 12.7 Å². The van der Waals surface area contributed by atoms with Gasteiger partial charge in [-0.1, -0.05) is 12.8 Å². The molecule has 1 saturated heterocycles. The van der Waals surface area contributed by atoms with Gasteiger partial charge in [0.05, 0.1) is 18.3 Å². The Morgan fingerprint density at radius 3 is 2.48 bits per heavy atom. The summed E-state index contributed by atoms with van der Waals surface area (Å²) in [6.45, 7) is 2.94. The third-order valence-electron chi connectivity index (χ3n) is 5.11. The minimum absolute atomic E-state index is 0. The first-order valence-corrected chi connectivity index (χ1v) is 9.70. The summed E-state index contributed by atoms with van der Waals surface area (Å²) in [5, 5.41) is -0.638. The smallest absolute Gasteiger partial charge is 0.310 e. The van der Waals surface area contributed by atoms with Gasteiger partial charge in [0.2, 0.25) is 10.0 Å². The average molecular weight is 369 g/mol. The van der Waals surface area contributed by atoms with Gasteiger partial charge in [0.1, 0.15) is 0 Å². The Hall–Kier alpha value is -0.370. The van der Waals surface area contributed by atoms with Crippen molar-refractivity contribution in [2.45, 2.75) is 56.7 Å². The van der Waals surface area contributed by atoms with E-state index >= 15 is 0 Å². The Balaban J connectivity index is 0.00000264. The number of nitrogens with two attached hydrogens (primary N) is 1. The summed E-state index contributed by atoms with van der Waals surface area (Å²) in [7, 11) is -2.15. The molecule has 2 rings (SSSR count). The minimum atomic E-state index is -3.48. The van der Waals surface area contributed by atoms with Gasteiger partial charge in [-0.2, -0.15) is 0 Å². The van der Waals surface area contributed by atoms with Gasteiger partial charge < -0.3 is 10.5 Å². The second-order valence-electron chi connectivity index (χ2n) is 6.62. The van der Waals surface area contributed by atoms with Crippen LogP contribution in [-0.2, 0) is 19.6 Å². The Labute approximate surface area is 145 Å². The van der Waals surface area contributed by atoms with Crippen LogP contribution < -0.4 is 5.73 Å². The number of esters is 1. The molecule has 4 atom stereocenters. The number of piperidine rings is 1. The van der Waals surface area contributed by atoms with Crippen LogP contribution in [0.25, 0.3) is 0 Å². The quantitative estimate of drug-likeness (QED) is 0.760.